The average molecular weight is 254 g/mol. The van der Waals surface area contributed by atoms with E-state index in [2.05, 4.69) is 12.6 Å². The Bertz CT molecular complexity index is 240. The van der Waals surface area contributed by atoms with Crippen molar-refractivity contribution in [1.82, 2.24) is 4.90 Å². The number of piperidine rings is 1. The number of rotatable bonds is 2. The molecule has 0 aromatic heterocycles. The number of ether oxygens (including phenoxy) is 1. The first-order valence-electron chi connectivity index (χ1n) is 4.52. The molecule has 0 spiro atoms. The fourth-order valence-corrected chi connectivity index (χ4v) is 1.74. The molecule has 3 N–H and O–H groups in total. The summed E-state index contributed by atoms with van der Waals surface area (Å²) in [6.07, 6.45) is 0.809. The summed E-state index contributed by atoms with van der Waals surface area (Å²) >= 11 is 4.03. The second kappa shape index (κ2) is 6.79. The van der Waals surface area contributed by atoms with Gasteiger partial charge in [0.15, 0.2) is 0 Å². The third kappa shape index (κ3) is 4.61. The number of nitrogens with one attached hydrogen (secondary N) is 1. The van der Waals surface area contributed by atoms with Gasteiger partial charge in [-0.05, 0) is 12.8 Å². The Balaban J connectivity index is 0.00000196. The molecule has 1 fully saturated rings. The van der Waals surface area contributed by atoms with Crippen molar-refractivity contribution in [2.45, 2.75) is 18.9 Å². The Morgan fingerprint density at radius 3 is 2.87 bits per heavy atom. The summed E-state index contributed by atoms with van der Waals surface area (Å²) in [6.45, 7) is 1.39. The van der Waals surface area contributed by atoms with Gasteiger partial charge in [-0.25, -0.2) is 4.79 Å². The van der Waals surface area contributed by atoms with E-state index >= 15 is 0 Å². The number of thiol groups is 1. The maximum atomic E-state index is 10.5. The number of likely N-dealkylation sites (tertiary alicyclic amines) is 1. The molecule has 0 unspecified atom stereocenters. The van der Waals surface area contributed by atoms with E-state index in [4.69, 9.17) is 15.9 Å². The van der Waals surface area contributed by atoms with E-state index in [0.29, 0.717) is 18.1 Å². The van der Waals surface area contributed by atoms with Crippen LogP contribution in [0.5, 0.6) is 0 Å². The lowest BCUT2D eigenvalue weighted by atomic mass is 10.1. The van der Waals surface area contributed by atoms with Crippen molar-refractivity contribution < 1.29 is 9.53 Å². The van der Waals surface area contributed by atoms with Gasteiger partial charge in [0.25, 0.3) is 0 Å². The third-order valence-corrected chi connectivity index (χ3v) is 2.49. The molecular weight excluding hydrogens is 238 g/mol. The predicted octanol–water partition coefficient (Wildman–Crippen LogP) is 0.875. The van der Waals surface area contributed by atoms with Crippen LogP contribution in [-0.4, -0.2) is 41.8 Å². The number of amides is 1. The van der Waals surface area contributed by atoms with E-state index in [1.54, 1.807) is 0 Å². The van der Waals surface area contributed by atoms with Gasteiger partial charge in [0, 0.05) is 12.3 Å². The lowest BCUT2D eigenvalue weighted by Gasteiger charge is -2.33. The molecule has 1 heterocycles. The largest absolute Gasteiger partial charge is 0.445 e. The van der Waals surface area contributed by atoms with Crippen molar-refractivity contribution in [3.63, 3.8) is 0 Å². The Kier molecular flexibility index (Phi) is 6.51. The third-order valence-electron chi connectivity index (χ3n) is 2.19. The lowest BCUT2D eigenvalue weighted by Crippen LogP contribution is -2.44. The highest BCUT2D eigenvalue weighted by Gasteiger charge is 2.23. The van der Waals surface area contributed by atoms with E-state index in [1.165, 1.54) is 0 Å². The number of halogens is 1. The van der Waals surface area contributed by atoms with Gasteiger partial charge in [0.2, 0.25) is 0 Å². The average Bonchev–Trinajstić information content (AvgIpc) is 2.16. The number of amidine groups is 1. The Labute approximate surface area is 101 Å². The Morgan fingerprint density at radius 2 is 2.33 bits per heavy atom. The van der Waals surface area contributed by atoms with Crippen molar-refractivity contribution in [3.8, 4) is 0 Å². The number of hydrogen-bond acceptors (Lipinski definition) is 4. The van der Waals surface area contributed by atoms with E-state index in [0.717, 1.165) is 19.4 Å². The molecule has 1 amide bonds. The summed E-state index contributed by atoms with van der Waals surface area (Å²) in [5.74, 6) is 0.870. The maximum absolute atomic E-state index is 10.5. The van der Waals surface area contributed by atoms with Crippen LogP contribution in [0.4, 0.5) is 4.79 Å². The normalized spacial score (nSPS) is 20.3. The van der Waals surface area contributed by atoms with Gasteiger partial charge in [-0.1, -0.05) is 0 Å². The number of carbonyl (C=O) groups is 1. The summed E-state index contributed by atoms with van der Waals surface area (Å²) in [6, 6.07) is 0. The molecule has 0 aromatic rings. The molecule has 1 rings (SSSR count). The molecule has 1 aliphatic heterocycles. The first-order valence-corrected chi connectivity index (χ1v) is 5.16. The predicted molar refractivity (Wildman–Crippen MR) is 64.1 cm³/mol. The number of hydrogen-bond donors (Lipinski definition) is 3. The van der Waals surface area contributed by atoms with Crippen molar-refractivity contribution in [2.75, 3.05) is 18.8 Å². The van der Waals surface area contributed by atoms with Crippen LogP contribution in [-0.2, 0) is 4.74 Å². The smallest absolute Gasteiger partial charge is 0.404 e. The Hall–Kier alpha value is -0.620. The molecule has 0 saturated carbocycles. The van der Waals surface area contributed by atoms with Gasteiger partial charge >= 0.3 is 6.09 Å². The fraction of sp³-hybridized carbons (Fsp3) is 0.750. The minimum atomic E-state index is -0.741. The van der Waals surface area contributed by atoms with Crippen LogP contribution in [0.25, 0.3) is 0 Å². The van der Waals surface area contributed by atoms with Crippen LogP contribution in [0.1, 0.15) is 12.8 Å². The molecule has 1 aliphatic rings. The second-order valence-electron chi connectivity index (χ2n) is 3.25. The zero-order valence-corrected chi connectivity index (χ0v) is 10.0. The zero-order valence-electron chi connectivity index (χ0n) is 8.31. The quantitative estimate of drug-likeness (QED) is 0.388. The van der Waals surface area contributed by atoms with Crippen LogP contribution < -0.4 is 5.73 Å². The van der Waals surface area contributed by atoms with Gasteiger partial charge in [-0.15, -0.1) is 12.4 Å². The first kappa shape index (κ1) is 14.4. The molecule has 15 heavy (non-hydrogen) atoms. The van der Waals surface area contributed by atoms with Crippen LogP contribution in [0.3, 0.4) is 0 Å². The van der Waals surface area contributed by atoms with Crippen LogP contribution in [0.2, 0.25) is 0 Å². The van der Waals surface area contributed by atoms with Crippen molar-refractivity contribution in [2.24, 2.45) is 5.73 Å². The zero-order chi connectivity index (χ0) is 10.6. The minimum Gasteiger partial charge on any atom is -0.445 e. The highest BCUT2D eigenvalue weighted by Crippen LogP contribution is 2.13. The number of nitrogens with two attached hydrogens (primary N) is 1. The molecule has 0 radical (unpaired) electrons. The second-order valence-corrected chi connectivity index (χ2v) is 3.57. The van der Waals surface area contributed by atoms with Crippen molar-refractivity contribution >= 4 is 37.0 Å². The number of nitrogens with zero attached hydrogens (tertiary/aromatic N) is 1. The van der Waals surface area contributed by atoms with E-state index in [-0.39, 0.29) is 18.5 Å². The number of carbonyl (C=O) groups excluding carboxylic acids is 1. The van der Waals surface area contributed by atoms with Crippen molar-refractivity contribution in [3.05, 3.63) is 0 Å². The lowest BCUT2D eigenvalue weighted by molar-refractivity contribution is 0.0678. The molecule has 1 saturated heterocycles. The molecule has 5 nitrogen and oxygen atoms in total. The standard InChI is InChI=1S/C8H15N3O2S.ClH/c9-7(5-14)11-3-1-2-6(4-11)13-8(10)12;/h6,9,14H,1-5H2,(H2,10,12);1H/t6-;/m0./s1. The van der Waals surface area contributed by atoms with Gasteiger partial charge in [0.05, 0.1) is 6.54 Å². The highest BCUT2D eigenvalue weighted by atomic mass is 35.5. The molecule has 88 valence electrons. The summed E-state index contributed by atoms with van der Waals surface area (Å²) in [5.41, 5.74) is 4.93. The summed E-state index contributed by atoms with van der Waals surface area (Å²) in [7, 11) is 0. The molecule has 1 atom stereocenters. The molecule has 0 aliphatic carbocycles. The molecule has 0 aromatic carbocycles. The minimum absolute atomic E-state index is 0. The van der Waals surface area contributed by atoms with Crippen LogP contribution in [0.15, 0.2) is 0 Å². The topological polar surface area (TPSA) is 79.4 Å². The first-order chi connectivity index (χ1) is 6.63. The van der Waals surface area contributed by atoms with Gasteiger partial charge in [-0.3, -0.25) is 5.41 Å². The monoisotopic (exact) mass is 253 g/mol. The van der Waals surface area contributed by atoms with E-state index in [9.17, 15) is 4.79 Å². The van der Waals surface area contributed by atoms with Gasteiger partial charge in [0.1, 0.15) is 11.9 Å². The fourth-order valence-electron chi connectivity index (χ4n) is 1.54. The van der Waals surface area contributed by atoms with Gasteiger partial charge < -0.3 is 15.4 Å². The highest BCUT2D eigenvalue weighted by molar-refractivity contribution is 7.81. The van der Waals surface area contributed by atoms with Crippen LogP contribution >= 0.6 is 25.0 Å². The Morgan fingerprint density at radius 1 is 1.67 bits per heavy atom. The van der Waals surface area contributed by atoms with E-state index in [1.807, 2.05) is 4.90 Å². The SMILES string of the molecule is Cl.N=C(CS)N1CCC[C@H](OC(N)=O)C1. The van der Waals surface area contributed by atoms with Crippen LogP contribution in [0, 0.1) is 5.41 Å². The molecule has 0 bridgehead atoms. The van der Waals surface area contributed by atoms with Crippen molar-refractivity contribution in [1.29, 1.82) is 5.41 Å². The summed E-state index contributed by atoms with van der Waals surface area (Å²) in [4.78, 5) is 12.4. The van der Waals surface area contributed by atoms with Gasteiger partial charge in [-0.2, -0.15) is 12.6 Å². The van der Waals surface area contributed by atoms with E-state index < -0.39 is 6.09 Å². The molecule has 7 heteroatoms. The maximum Gasteiger partial charge on any atom is 0.404 e. The summed E-state index contributed by atoms with van der Waals surface area (Å²) in [5, 5.41) is 7.58. The summed E-state index contributed by atoms with van der Waals surface area (Å²) < 4.78 is 4.89. The number of primary amides is 1. The molecular formula is C8H16ClN3O2S.